The van der Waals surface area contributed by atoms with E-state index in [1.807, 2.05) is 18.2 Å². The summed E-state index contributed by atoms with van der Waals surface area (Å²) < 4.78 is 0.772. The van der Waals surface area contributed by atoms with Crippen LogP contribution < -0.4 is 0 Å². The molecule has 1 aliphatic rings. The molecule has 1 aromatic carbocycles. The number of carbonyl (C=O) groups is 2. The minimum absolute atomic E-state index is 0.0384. The number of halogens is 1. The predicted molar refractivity (Wildman–Crippen MR) is 73.7 cm³/mol. The molecule has 1 heterocycles. The number of aliphatic hydroxyl groups excluding tert-OH is 1. The summed E-state index contributed by atoms with van der Waals surface area (Å²) in [4.78, 5) is 26.9. The molecule has 6 heteroatoms. The lowest BCUT2D eigenvalue weighted by Gasteiger charge is -2.34. The van der Waals surface area contributed by atoms with Gasteiger partial charge in [-0.1, -0.05) is 12.1 Å². The molecule has 19 heavy (non-hydrogen) atoms. The van der Waals surface area contributed by atoms with E-state index in [0.717, 1.165) is 4.47 Å². The normalized spacial score (nSPS) is 15.5. The number of amides is 2. The van der Waals surface area contributed by atoms with Gasteiger partial charge in [-0.2, -0.15) is 0 Å². The SMILES string of the molecule is O=C(CO)N1CCN(C(=O)c2ccccc2Br)CC1. The van der Waals surface area contributed by atoms with E-state index in [1.54, 1.807) is 15.9 Å². The molecule has 102 valence electrons. The summed E-state index contributed by atoms with van der Waals surface area (Å²) in [6.45, 7) is 1.45. The van der Waals surface area contributed by atoms with Crippen LogP contribution in [0.25, 0.3) is 0 Å². The smallest absolute Gasteiger partial charge is 0.255 e. The summed E-state index contributed by atoms with van der Waals surface area (Å²) in [7, 11) is 0. The molecule has 2 amide bonds. The van der Waals surface area contributed by atoms with Gasteiger partial charge in [-0.25, -0.2) is 0 Å². The zero-order valence-corrected chi connectivity index (χ0v) is 12.0. The summed E-state index contributed by atoms with van der Waals surface area (Å²) in [5, 5.41) is 8.80. The van der Waals surface area contributed by atoms with Gasteiger partial charge in [-0.3, -0.25) is 9.59 Å². The number of hydrogen-bond donors (Lipinski definition) is 1. The minimum Gasteiger partial charge on any atom is -0.387 e. The van der Waals surface area contributed by atoms with Crippen LogP contribution in [0.15, 0.2) is 28.7 Å². The lowest BCUT2D eigenvalue weighted by atomic mass is 10.2. The summed E-state index contributed by atoms with van der Waals surface area (Å²) in [5.74, 6) is -0.323. The maximum absolute atomic E-state index is 12.3. The van der Waals surface area contributed by atoms with Crippen molar-refractivity contribution in [2.45, 2.75) is 0 Å². The van der Waals surface area contributed by atoms with Crippen molar-refractivity contribution >= 4 is 27.7 Å². The molecule has 0 unspecified atom stereocenters. The number of hydrogen-bond acceptors (Lipinski definition) is 3. The Bertz CT molecular complexity index is 485. The van der Waals surface area contributed by atoms with Crippen LogP contribution in [0.3, 0.4) is 0 Å². The van der Waals surface area contributed by atoms with Gasteiger partial charge in [0.25, 0.3) is 5.91 Å². The first kappa shape index (κ1) is 14.0. The molecule has 1 aliphatic heterocycles. The van der Waals surface area contributed by atoms with Crippen molar-refractivity contribution in [1.29, 1.82) is 0 Å². The molecular weight excluding hydrogens is 312 g/mol. The van der Waals surface area contributed by atoms with Crippen LogP contribution in [0.5, 0.6) is 0 Å². The Kier molecular flexibility index (Phi) is 4.55. The van der Waals surface area contributed by atoms with Gasteiger partial charge >= 0.3 is 0 Å². The van der Waals surface area contributed by atoms with Crippen molar-refractivity contribution in [3.63, 3.8) is 0 Å². The average Bonchev–Trinajstić information content (AvgIpc) is 2.46. The van der Waals surface area contributed by atoms with Crippen LogP contribution in [-0.4, -0.2) is 59.5 Å². The maximum atomic E-state index is 12.3. The highest BCUT2D eigenvalue weighted by molar-refractivity contribution is 9.10. The van der Waals surface area contributed by atoms with E-state index in [4.69, 9.17) is 5.11 Å². The Morgan fingerprint density at radius 2 is 1.68 bits per heavy atom. The van der Waals surface area contributed by atoms with Crippen LogP contribution in [-0.2, 0) is 4.79 Å². The Labute approximate surface area is 119 Å². The number of nitrogens with zero attached hydrogens (tertiary/aromatic N) is 2. The van der Waals surface area contributed by atoms with Crippen molar-refractivity contribution < 1.29 is 14.7 Å². The van der Waals surface area contributed by atoms with E-state index in [2.05, 4.69) is 15.9 Å². The molecule has 0 spiro atoms. The standard InChI is InChI=1S/C13H15BrN2O3/c14-11-4-2-1-3-10(11)13(19)16-7-5-15(6-8-16)12(18)9-17/h1-4,17H,5-9H2. The molecule has 0 atom stereocenters. The van der Waals surface area contributed by atoms with Crippen LogP contribution in [0, 0.1) is 0 Å². The Morgan fingerprint density at radius 1 is 1.11 bits per heavy atom. The molecular formula is C13H15BrN2O3. The van der Waals surface area contributed by atoms with E-state index in [1.165, 1.54) is 0 Å². The monoisotopic (exact) mass is 326 g/mol. The number of benzene rings is 1. The maximum Gasteiger partial charge on any atom is 0.255 e. The van der Waals surface area contributed by atoms with E-state index >= 15 is 0 Å². The number of carbonyl (C=O) groups excluding carboxylic acids is 2. The number of rotatable bonds is 2. The number of piperazine rings is 1. The molecule has 0 aromatic heterocycles. The quantitative estimate of drug-likeness (QED) is 0.871. The van der Waals surface area contributed by atoms with Gasteiger partial charge in [0.15, 0.2) is 0 Å². The first-order valence-electron chi connectivity index (χ1n) is 6.06. The van der Waals surface area contributed by atoms with Crippen LogP contribution in [0.4, 0.5) is 0 Å². The summed E-state index contributed by atoms with van der Waals surface area (Å²) in [5.41, 5.74) is 0.629. The van der Waals surface area contributed by atoms with Crippen molar-refractivity contribution in [3.05, 3.63) is 34.3 Å². The Morgan fingerprint density at radius 3 is 2.26 bits per heavy atom. The molecule has 1 aromatic rings. The third-order valence-electron chi connectivity index (χ3n) is 3.16. The molecule has 0 aliphatic carbocycles. The van der Waals surface area contributed by atoms with Gasteiger partial charge in [0, 0.05) is 30.7 Å². The molecule has 1 fully saturated rings. The third kappa shape index (κ3) is 3.13. The van der Waals surface area contributed by atoms with Gasteiger partial charge in [0.1, 0.15) is 6.61 Å². The zero-order valence-electron chi connectivity index (χ0n) is 10.4. The van der Waals surface area contributed by atoms with Crippen LogP contribution >= 0.6 is 15.9 Å². The molecule has 0 saturated carbocycles. The lowest BCUT2D eigenvalue weighted by Crippen LogP contribution is -2.51. The zero-order chi connectivity index (χ0) is 13.8. The molecule has 0 bridgehead atoms. The molecule has 1 saturated heterocycles. The lowest BCUT2D eigenvalue weighted by molar-refractivity contribution is -0.135. The third-order valence-corrected chi connectivity index (χ3v) is 3.85. The second kappa shape index (κ2) is 6.16. The van der Waals surface area contributed by atoms with Crippen LogP contribution in [0.1, 0.15) is 10.4 Å². The van der Waals surface area contributed by atoms with Gasteiger partial charge in [-0.15, -0.1) is 0 Å². The predicted octanol–water partition coefficient (Wildman–Crippen LogP) is 0.726. The topological polar surface area (TPSA) is 60.9 Å². The van der Waals surface area contributed by atoms with Crippen LogP contribution in [0.2, 0.25) is 0 Å². The number of aliphatic hydroxyl groups is 1. The highest BCUT2D eigenvalue weighted by Gasteiger charge is 2.25. The molecule has 1 N–H and O–H groups in total. The second-order valence-corrected chi connectivity index (χ2v) is 5.17. The largest absolute Gasteiger partial charge is 0.387 e. The van der Waals surface area contributed by atoms with Gasteiger partial charge < -0.3 is 14.9 Å². The second-order valence-electron chi connectivity index (χ2n) is 4.31. The van der Waals surface area contributed by atoms with Gasteiger partial charge in [0.05, 0.1) is 5.56 Å². The highest BCUT2D eigenvalue weighted by atomic mass is 79.9. The van der Waals surface area contributed by atoms with Crippen molar-refractivity contribution in [3.8, 4) is 0 Å². The van der Waals surface area contributed by atoms with E-state index in [-0.39, 0.29) is 11.8 Å². The van der Waals surface area contributed by atoms with Crippen molar-refractivity contribution in [2.24, 2.45) is 0 Å². The molecule has 2 rings (SSSR count). The fourth-order valence-electron chi connectivity index (χ4n) is 2.06. The van der Waals surface area contributed by atoms with Crippen molar-refractivity contribution in [1.82, 2.24) is 9.80 Å². The van der Waals surface area contributed by atoms with Gasteiger partial charge in [-0.05, 0) is 28.1 Å². The fraction of sp³-hybridized carbons (Fsp3) is 0.385. The van der Waals surface area contributed by atoms with Crippen molar-refractivity contribution in [2.75, 3.05) is 32.8 Å². The summed E-state index contributed by atoms with van der Waals surface area (Å²) in [6.07, 6.45) is 0. The van der Waals surface area contributed by atoms with E-state index in [0.29, 0.717) is 31.7 Å². The Hall–Kier alpha value is -1.40. The molecule has 0 radical (unpaired) electrons. The molecule has 5 nitrogen and oxygen atoms in total. The van der Waals surface area contributed by atoms with E-state index in [9.17, 15) is 9.59 Å². The first-order valence-corrected chi connectivity index (χ1v) is 6.85. The average molecular weight is 327 g/mol. The fourth-order valence-corrected chi connectivity index (χ4v) is 2.52. The summed E-state index contributed by atoms with van der Waals surface area (Å²) >= 11 is 3.36. The van der Waals surface area contributed by atoms with E-state index < -0.39 is 6.61 Å². The minimum atomic E-state index is -0.474. The first-order chi connectivity index (χ1) is 9.13. The summed E-state index contributed by atoms with van der Waals surface area (Å²) in [6, 6.07) is 7.29. The Balaban J connectivity index is 2.00. The highest BCUT2D eigenvalue weighted by Crippen LogP contribution is 2.18. The van der Waals surface area contributed by atoms with Gasteiger partial charge in [0.2, 0.25) is 5.91 Å².